The van der Waals surface area contributed by atoms with Crippen LogP contribution in [-0.2, 0) is 6.54 Å². The highest BCUT2D eigenvalue weighted by Crippen LogP contribution is 2.41. The molecule has 24 heavy (non-hydrogen) atoms. The maximum Gasteiger partial charge on any atom is 0.222 e. The van der Waals surface area contributed by atoms with Gasteiger partial charge in [-0.2, -0.15) is 0 Å². The first-order valence-corrected chi connectivity index (χ1v) is 7.64. The van der Waals surface area contributed by atoms with E-state index in [1.807, 2.05) is 12.1 Å². The molecule has 0 aliphatic carbocycles. The minimum atomic E-state index is -0.225. The molecule has 6 nitrogen and oxygen atoms in total. The number of hydrogen-bond donors (Lipinski definition) is 1. The number of nitroso groups, excluding NO2 is 1. The van der Waals surface area contributed by atoms with Crippen LogP contribution in [0, 0.1) is 4.91 Å². The fraction of sp³-hybridized carbons (Fsp3) is 0.176. The van der Waals surface area contributed by atoms with Crippen LogP contribution in [-0.4, -0.2) is 23.4 Å². The van der Waals surface area contributed by atoms with Gasteiger partial charge in [0.1, 0.15) is 6.61 Å². The van der Waals surface area contributed by atoms with Gasteiger partial charge in [0.05, 0.1) is 24.2 Å². The molecule has 3 rings (SSSR count). The van der Waals surface area contributed by atoms with Gasteiger partial charge in [-0.3, -0.25) is 0 Å². The SMILES string of the molecule is COc1ccccc1OCCn1c(O)c(N=O)c2cccc(Cl)c21. The second-order valence-corrected chi connectivity index (χ2v) is 5.46. The number of fused-ring (bicyclic) bond motifs is 1. The minimum Gasteiger partial charge on any atom is -0.493 e. The number of methoxy groups -OCH3 is 1. The third-order valence-electron chi connectivity index (χ3n) is 3.71. The lowest BCUT2D eigenvalue weighted by Gasteiger charge is -2.12. The van der Waals surface area contributed by atoms with Crippen molar-refractivity contribution in [3.05, 3.63) is 52.4 Å². The normalized spacial score (nSPS) is 10.8. The van der Waals surface area contributed by atoms with E-state index in [9.17, 15) is 10.0 Å². The van der Waals surface area contributed by atoms with Gasteiger partial charge in [-0.15, -0.1) is 4.91 Å². The van der Waals surface area contributed by atoms with Crippen LogP contribution in [0.5, 0.6) is 17.4 Å². The molecule has 0 spiro atoms. The summed E-state index contributed by atoms with van der Waals surface area (Å²) in [6, 6.07) is 12.4. The van der Waals surface area contributed by atoms with Crippen molar-refractivity contribution < 1.29 is 14.6 Å². The molecule has 1 aromatic heterocycles. The van der Waals surface area contributed by atoms with Crippen molar-refractivity contribution >= 4 is 28.2 Å². The lowest BCUT2D eigenvalue weighted by atomic mass is 10.2. The highest BCUT2D eigenvalue weighted by atomic mass is 35.5. The van der Waals surface area contributed by atoms with E-state index in [2.05, 4.69) is 5.18 Å². The molecule has 0 saturated carbocycles. The van der Waals surface area contributed by atoms with E-state index in [0.717, 1.165) is 0 Å². The summed E-state index contributed by atoms with van der Waals surface area (Å²) in [6.07, 6.45) is 0. The molecule has 124 valence electrons. The van der Waals surface area contributed by atoms with E-state index in [1.165, 1.54) is 4.57 Å². The number of nitrogens with zero attached hydrogens (tertiary/aromatic N) is 2. The van der Waals surface area contributed by atoms with Crippen LogP contribution < -0.4 is 9.47 Å². The Morgan fingerprint density at radius 3 is 2.62 bits per heavy atom. The predicted octanol–water partition coefficient (Wildman–Crippen LogP) is 4.49. The molecule has 0 amide bonds. The van der Waals surface area contributed by atoms with Gasteiger partial charge in [-0.25, -0.2) is 0 Å². The van der Waals surface area contributed by atoms with Crippen molar-refractivity contribution in [2.24, 2.45) is 5.18 Å². The summed E-state index contributed by atoms with van der Waals surface area (Å²) in [5, 5.41) is 14.1. The number of aromatic nitrogens is 1. The zero-order chi connectivity index (χ0) is 17.1. The molecule has 2 aromatic carbocycles. The van der Waals surface area contributed by atoms with Crippen molar-refractivity contribution in [1.29, 1.82) is 0 Å². The molecule has 0 unspecified atom stereocenters. The van der Waals surface area contributed by atoms with Crippen LogP contribution in [0.15, 0.2) is 47.6 Å². The molecule has 0 bridgehead atoms. The molecular formula is C17H15ClN2O4. The maximum atomic E-state index is 11.0. The van der Waals surface area contributed by atoms with Gasteiger partial charge < -0.3 is 19.1 Å². The number of ether oxygens (including phenoxy) is 2. The van der Waals surface area contributed by atoms with E-state index in [-0.39, 0.29) is 18.2 Å². The number of para-hydroxylation sites is 3. The monoisotopic (exact) mass is 346 g/mol. The Morgan fingerprint density at radius 1 is 1.17 bits per heavy atom. The van der Waals surface area contributed by atoms with Crippen LogP contribution in [0.3, 0.4) is 0 Å². The first-order valence-electron chi connectivity index (χ1n) is 7.26. The third-order valence-corrected chi connectivity index (χ3v) is 4.02. The highest BCUT2D eigenvalue weighted by Gasteiger charge is 2.19. The van der Waals surface area contributed by atoms with Gasteiger partial charge in [0.25, 0.3) is 0 Å². The summed E-state index contributed by atoms with van der Waals surface area (Å²) in [6.45, 7) is 0.543. The van der Waals surface area contributed by atoms with Crippen molar-refractivity contribution in [3.63, 3.8) is 0 Å². The molecule has 0 atom stereocenters. The number of halogens is 1. The van der Waals surface area contributed by atoms with Gasteiger partial charge in [0.15, 0.2) is 17.2 Å². The van der Waals surface area contributed by atoms with E-state index < -0.39 is 0 Å². The zero-order valence-corrected chi connectivity index (χ0v) is 13.7. The molecule has 0 radical (unpaired) electrons. The quantitative estimate of drug-likeness (QED) is 0.667. The smallest absolute Gasteiger partial charge is 0.222 e. The molecule has 1 heterocycles. The van der Waals surface area contributed by atoms with E-state index in [1.54, 1.807) is 37.4 Å². The lowest BCUT2D eigenvalue weighted by Crippen LogP contribution is -2.08. The Hall–Kier alpha value is -2.73. The Kier molecular flexibility index (Phi) is 4.57. The van der Waals surface area contributed by atoms with Crippen LogP contribution in [0.1, 0.15) is 0 Å². The maximum absolute atomic E-state index is 11.0. The zero-order valence-electron chi connectivity index (χ0n) is 12.9. The number of aromatic hydroxyl groups is 1. The summed E-state index contributed by atoms with van der Waals surface area (Å²) in [5.41, 5.74) is 0.527. The third kappa shape index (κ3) is 2.76. The van der Waals surface area contributed by atoms with E-state index >= 15 is 0 Å². The largest absolute Gasteiger partial charge is 0.493 e. The summed E-state index contributed by atoms with van der Waals surface area (Å²) in [7, 11) is 1.56. The summed E-state index contributed by atoms with van der Waals surface area (Å²) >= 11 is 6.21. The van der Waals surface area contributed by atoms with Crippen molar-refractivity contribution in [3.8, 4) is 17.4 Å². The molecule has 0 saturated heterocycles. The molecule has 3 aromatic rings. The van der Waals surface area contributed by atoms with Gasteiger partial charge in [-0.05, 0) is 23.4 Å². The predicted molar refractivity (Wildman–Crippen MR) is 92.6 cm³/mol. The Bertz CT molecular complexity index is 892. The second-order valence-electron chi connectivity index (χ2n) is 5.05. The summed E-state index contributed by atoms with van der Waals surface area (Å²) in [4.78, 5) is 11.0. The Labute approximate surface area is 143 Å². The Morgan fingerprint density at radius 2 is 1.92 bits per heavy atom. The first-order chi connectivity index (χ1) is 11.7. The average Bonchev–Trinajstić information content (AvgIpc) is 2.88. The lowest BCUT2D eigenvalue weighted by molar-refractivity contribution is 0.274. The van der Waals surface area contributed by atoms with Gasteiger partial charge in [-0.1, -0.05) is 35.9 Å². The number of rotatable bonds is 6. The number of benzene rings is 2. The topological polar surface area (TPSA) is 73.1 Å². The van der Waals surface area contributed by atoms with Crippen molar-refractivity contribution in [2.75, 3.05) is 13.7 Å². The highest BCUT2D eigenvalue weighted by molar-refractivity contribution is 6.35. The number of hydrogen-bond acceptors (Lipinski definition) is 5. The fourth-order valence-electron chi connectivity index (χ4n) is 2.63. The van der Waals surface area contributed by atoms with E-state index in [0.29, 0.717) is 34.0 Å². The van der Waals surface area contributed by atoms with Gasteiger partial charge in [0, 0.05) is 5.39 Å². The molecule has 7 heteroatoms. The summed E-state index contributed by atoms with van der Waals surface area (Å²) in [5.74, 6) is 0.986. The molecule has 1 N–H and O–H groups in total. The fourth-order valence-corrected chi connectivity index (χ4v) is 2.90. The van der Waals surface area contributed by atoms with Crippen LogP contribution in [0.4, 0.5) is 5.69 Å². The van der Waals surface area contributed by atoms with Crippen LogP contribution in [0.2, 0.25) is 5.02 Å². The van der Waals surface area contributed by atoms with Crippen LogP contribution >= 0.6 is 11.6 Å². The van der Waals surface area contributed by atoms with Gasteiger partial charge in [0.2, 0.25) is 5.88 Å². The second kappa shape index (κ2) is 6.80. The molecule has 0 aliphatic rings. The van der Waals surface area contributed by atoms with Crippen molar-refractivity contribution in [2.45, 2.75) is 6.54 Å². The van der Waals surface area contributed by atoms with E-state index in [4.69, 9.17) is 21.1 Å². The minimum absolute atomic E-state index is 0.0233. The first kappa shape index (κ1) is 16.1. The molecule has 0 aliphatic heterocycles. The van der Waals surface area contributed by atoms with Crippen LogP contribution in [0.25, 0.3) is 10.9 Å². The Balaban J connectivity index is 1.88. The summed E-state index contributed by atoms with van der Waals surface area (Å²) < 4.78 is 12.5. The van der Waals surface area contributed by atoms with Gasteiger partial charge >= 0.3 is 0 Å². The van der Waals surface area contributed by atoms with Crippen molar-refractivity contribution in [1.82, 2.24) is 4.57 Å². The molecular weight excluding hydrogens is 332 g/mol. The average molecular weight is 347 g/mol. The molecule has 0 fully saturated rings. The standard InChI is InChI=1S/C17H15ClN2O4/c1-23-13-7-2-3-8-14(13)24-10-9-20-16-11(5-4-6-12(16)18)15(19-22)17(20)21/h2-8,21H,9-10H2,1H3.